The molecule has 0 bridgehead atoms. The molecule has 0 spiro atoms. The topological polar surface area (TPSA) is 61.8 Å². The number of piperidine rings is 1. The van der Waals surface area contributed by atoms with Crippen LogP contribution in [0.1, 0.15) is 44.3 Å². The second kappa shape index (κ2) is 10.2. The number of methoxy groups -OCH3 is 1. The lowest BCUT2D eigenvalue weighted by Crippen LogP contribution is -2.49. The average Bonchev–Trinajstić information content (AvgIpc) is 3.09. The smallest absolute Gasteiger partial charge is 0.191 e. The van der Waals surface area contributed by atoms with Crippen LogP contribution in [0.5, 0.6) is 0 Å². The summed E-state index contributed by atoms with van der Waals surface area (Å²) in [4.78, 5) is 11.6. The van der Waals surface area contributed by atoms with Gasteiger partial charge in [0.15, 0.2) is 5.96 Å². The van der Waals surface area contributed by atoms with Gasteiger partial charge in [0.1, 0.15) is 0 Å². The van der Waals surface area contributed by atoms with Crippen molar-refractivity contribution in [1.82, 2.24) is 20.5 Å². The number of nitrogens with one attached hydrogen (secondary N) is 2. The molecule has 2 N–H and O–H groups in total. The average molecular weight is 382 g/mol. The van der Waals surface area contributed by atoms with Crippen LogP contribution < -0.4 is 10.6 Å². The third-order valence-electron chi connectivity index (χ3n) is 4.72. The van der Waals surface area contributed by atoms with E-state index in [1.807, 2.05) is 7.05 Å². The summed E-state index contributed by atoms with van der Waals surface area (Å²) >= 11 is 1.75. The summed E-state index contributed by atoms with van der Waals surface area (Å²) in [5, 5.41) is 10.4. The molecule has 0 saturated carbocycles. The Kier molecular flexibility index (Phi) is 8.31. The van der Waals surface area contributed by atoms with Gasteiger partial charge in [0.25, 0.3) is 0 Å². The SMILES string of the molecule is CN=C(NCCc1nc(C(C)(C)C)cs1)NC1CCN(CCOC)CC1. The molecule has 7 heteroatoms. The number of aromatic nitrogens is 1. The van der Waals surface area contributed by atoms with E-state index in [2.05, 4.69) is 46.7 Å². The van der Waals surface area contributed by atoms with Crippen molar-refractivity contribution in [2.45, 2.75) is 51.5 Å². The first-order chi connectivity index (χ1) is 12.4. The number of guanidine groups is 1. The number of nitrogens with zero attached hydrogens (tertiary/aromatic N) is 3. The van der Waals surface area contributed by atoms with Crippen molar-refractivity contribution in [3.05, 3.63) is 16.1 Å². The van der Waals surface area contributed by atoms with Crippen LogP contribution in [0.2, 0.25) is 0 Å². The Balaban J connectivity index is 1.69. The number of thiazole rings is 1. The van der Waals surface area contributed by atoms with Crippen LogP contribution in [0.25, 0.3) is 0 Å². The van der Waals surface area contributed by atoms with Crippen LogP contribution in [0, 0.1) is 0 Å². The normalized spacial score (nSPS) is 17.5. The van der Waals surface area contributed by atoms with Crippen molar-refractivity contribution in [1.29, 1.82) is 0 Å². The van der Waals surface area contributed by atoms with Crippen molar-refractivity contribution in [2.75, 3.05) is 46.9 Å². The summed E-state index contributed by atoms with van der Waals surface area (Å²) in [5.41, 5.74) is 1.30. The molecule has 0 radical (unpaired) electrons. The molecule has 0 aliphatic carbocycles. The summed E-state index contributed by atoms with van der Waals surface area (Å²) < 4.78 is 5.16. The van der Waals surface area contributed by atoms with Gasteiger partial charge in [-0.05, 0) is 12.8 Å². The molecule has 2 rings (SSSR count). The molecule has 0 atom stereocenters. The predicted octanol–water partition coefficient (Wildman–Crippen LogP) is 2.26. The van der Waals surface area contributed by atoms with E-state index in [-0.39, 0.29) is 5.41 Å². The molecule has 0 amide bonds. The molecule has 1 fully saturated rings. The van der Waals surface area contributed by atoms with Gasteiger partial charge in [0.05, 0.1) is 17.3 Å². The lowest BCUT2D eigenvalue weighted by Gasteiger charge is -2.32. The minimum atomic E-state index is 0.123. The van der Waals surface area contributed by atoms with Crippen LogP contribution >= 0.6 is 11.3 Å². The van der Waals surface area contributed by atoms with Gasteiger partial charge in [0, 0.05) is 63.6 Å². The lowest BCUT2D eigenvalue weighted by molar-refractivity contribution is 0.128. The Labute approximate surface area is 162 Å². The molecule has 1 aromatic heterocycles. The first-order valence-electron chi connectivity index (χ1n) is 9.55. The van der Waals surface area contributed by atoms with Crippen LogP contribution in [0.3, 0.4) is 0 Å². The zero-order valence-electron chi connectivity index (χ0n) is 17.0. The fraction of sp³-hybridized carbons (Fsp3) is 0.789. The van der Waals surface area contributed by atoms with E-state index in [4.69, 9.17) is 9.72 Å². The first-order valence-corrected chi connectivity index (χ1v) is 10.4. The Bertz CT molecular complexity index is 559. The monoisotopic (exact) mass is 381 g/mol. The van der Waals surface area contributed by atoms with Crippen molar-refractivity contribution < 1.29 is 4.74 Å². The summed E-state index contributed by atoms with van der Waals surface area (Å²) in [5.74, 6) is 0.896. The molecular formula is C19H35N5OS. The standard InChI is InChI=1S/C19H35N5OS/c1-19(2,3)16-14-26-17(23-16)6-9-21-18(20-4)22-15-7-10-24(11-8-15)12-13-25-5/h14-15H,6-13H2,1-5H3,(H2,20,21,22). The fourth-order valence-electron chi connectivity index (χ4n) is 2.97. The molecule has 1 saturated heterocycles. The Morgan fingerprint density at radius 2 is 2.12 bits per heavy atom. The van der Waals surface area contributed by atoms with E-state index in [0.29, 0.717) is 6.04 Å². The number of likely N-dealkylation sites (tertiary alicyclic amines) is 1. The zero-order valence-corrected chi connectivity index (χ0v) is 17.8. The molecule has 2 heterocycles. The third-order valence-corrected chi connectivity index (χ3v) is 5.62. The van der Waals surface area contributed by atoms with Crippen LogP contribution in [0.15, 0.2) is 10.4 Å². The molecular weight excluding hydrogens is 346 g/mol. The number of hydrogen-bond acceptors (Lipinski definition) is 5. The molecule has 0 unspecified atom stereocenters. The van der Waals surface area contributed by atoms with Crippen LogP contribution in [0.4, 0.5) is 0 Å². The largest absolute Gasteiger partial charge is 0.383 e. The Morgan fingerprint density at radius 3 is 2.69 bits per heavy atom. The minimum Gasteiger partial charge on any atom is -0.383 e. The van der Waals surface area contributed by atoms with E-state index < -0.39 is 0 Å². The number of ether oxygens (including phenoxy) is 1. The molecule has 1 aliphatic rings. The van der Waals surface area contributed by atoms with Crippen LogP contribution in [-0.2, 0) is 16.6 Å². The van der Waals surface area contributed by atoms with Crippen molar-refractivity contribution in [3.63, 3.8) is 0 Å². The van der Waals surface area contributed by atoms with E-state index in [1.54, 1.807) is 18.4 Å². The van der Waals surface area contributed by atoms with E-state index in [9.17, 15) is 0 Å². The van der Waals surface area contributed by atoms with Crippen molar-refractivity contribution in [2.24, 2.45) is 4.99 Å². The van der Waals surface area contributed by atoms with E-state index in [1.165, 1.54) is 10.7 Å². The van der Waals surface area contributed by atoms with Crippen LogP contribution in [-0.4, -0.2) is 68.8 Å². The van der Waals surface area contributed by atoms with Gasteiger partial charge in [-0.2, -0.15) is 0 Å². The molecule has 1 aliphatic heterocycles. The second-order valence-corrected chi connectivity index (χ2v) is 8.82. The highest BCUT2D eigenvalue weighted by Gasteiger charge is 2.20. The third kappa shape index (κ3) is 6.85. The fourth-order valence-corrected chi connectivity index (χ4v) is 3.99. The zero-order chi connectivity index (χ0) is 19.0. The highest BCUT2D eigenvalue weighted by Crippen LogP contribution is 2.23. The number of rotatable bonds is 7. The lowest BCUT2D eigenvalue weighted by atomic mass is 9.93. The predicted molar refractivity (Wildman–Crippen MR) is 110 cm³/mol. The number of hydrogen-bond donors (Lipinski definition) is 2. The van der Waals surface area contributed by atoms with E-state index in [0.717, 1.165) is 58.0 Å². The minimum absolute atomic E-state index is 0.123. The highest BCUT2D eigenvalue weighted by atomic mass is 32.1. The van der Waals surface area contributed by atoms with Gasteiger partial charge in [-0.25, -0.2) is 4.98 Å². The highest BCUT2D eigenvalue weighted by molar-refractivity contribution is 7.09. The van der Waals surface area contributed by atoms with Crippen molar-refractivity contribution >= 4 is 17.3 Å². The van der Waals surface area contributed by atoms with Gasteiger partial charge in [-0.15, -0.1) is 11.3 Å². The first kappa shape index (κ1) is 21.1. The maximum atomic E-state index is 5.16. The van der Waals surface area contributed by atoms with Gasteiger partial charge in [0.2, 0.25) is 0 Å². The van der Waals surface area contributed by atoms with Gasteiger partial charge >= 0.3 is 0 Å². The quantitative estimate of drug-likeness (QED) is 0.560. The van der Waals surface area contributed by atoms with Gasteiger partial charge in [-0.3, -0.25) is 4.99 Å². The van der Waals surface area contributed by atoms with Gasteiger partial charge < -0.3 is 20.3 Å². The number of aliphatic imine (C=N–C) groups is 1. The Morgan fingerprint density at radius 1 is 1.38 bits per heavy atom. The molecule has 0 aromatic carbocycles. The van der Waals surface area contributed by atoms with Crippen molar-refractivity contribution in [3.8, 4) is 0 Å². The summed E-state index contributed by atoms with van der Waals surface area (Å²) in [7, 11) is 3.60. The maximum absolute atomic E-state index is 5.16. The molecule has 1 aromatic rings. The summed E-state index contributed by atoms with van der Waals surface area (Å²) in [6.45, 7) is 11.5. The molecule has 6 nitrogen and oxygen atoms in total. The molecule has 148 valence electrons. The van der Waals surface area contributed by atoms with Gasteiger partial charge in [-0.1, -0.05) is 20.8 Å². The second-order valence-electron chi connectivity index (χ2n) is 7.88. The van der Waals surface area contributed by atoms with E-state index >= 15 is 0 Å². The summed E-state index contributed by atoms with van der Waals surface area (Å²) in [6, 6.07) is 0.493. The Hall–Kier alpha value is -1.18. The maximum Gasteiger partial charge on any atom is 0.191 e. The molecule has 26 heavy (non-hydrogen) atoms. The summed E-state index contributed by atoms with van der Waals surface area (Å²) in [6.07, 6.45) is 3.22.